The lowest BCUT2D eigenvalue weighted by atomic mass is 10.3. The first-order valence-electron chi connectivity index (χ1n) is 7.53. The van der Waals surface area contributed by atoms with Gasteiger partial charge in [-0.3, -0.25) is 0 Å². The maximum absolute atomic E-state index is 5.76. The molecular weight excluding hydrogens is 318 g/mol. The summed E-state index contributed by atoms with van der Waals surface area (Å²) in [5.41, 5.74) is 1.98. The zero-order valence-electron chi connectivity index (χ0n) is 13.2. The molecule has 0 saturated carbocycles. The molecule has 120 valence electrons. The summed E-state index contributed by atoms with van der Waals surface area (Å²) in [6.45, 7) is 1.99. The molecule has 4 nitrogen and oxygen atoms in total. The highest BCUT2D eigenvalue weighted by atomic mass is 32.1. The molecule has 0 amide bonds. The van der Waals surface area contributed by atoms with Crippen LogP contribution in [0.2, 0.25) is 0 Å². The molecule has 24 heavy (non-hydrogen) atoms. The molecule has 5 heteroatoms. The summed E-state index contributed by atoms with van der Waals surface area (Å²) < 4.78 is 5.76. The van der Waals surface area contributed by atoms with Crippen LogP contribution in [0, 0.1) is 6.92 Å². The normalized spacial score (nSPS) is 10.0. The van der Waals surface area contributed by atoms with Crippen molar-refractivity contribution in [1.29, 1.82) is 0 Å². The Morgan fingerprint density at radius 1 is 0.875 bits per heavy atom. The molecule has 0 spiro atoms. The standard InChI is InChI=1S/C19H17N3OS/c1-14-7-12-18(20-13-14)22-19(24)21-15-8-10-17(11-9-15)23-16-5-3-2-4-6-16/h2-13H,1H3,(H2,20,21,22,24). The summed E-state index contributed by atoms with van der Waals surface area (Å²) in [5.74, 6) is 2.29. The van der Waals surface area contributed by atoms with Gasteiger partial charge in [0.25, 0.3) is 0 Å². The van der Waals surface area contributed by atoms with Crippen molar-refractivity contribution in [2.24, 2.45) is 0 Å². The van der Waals surface area contributed by atoms with Crippen LogP contribution < -0.4 is 15.4 Å². The number of anilines is 2. The Morgan fingerprint density at radius 3 is 2.25 bits per heavy atom. The van der Waals surface area contributed by atoms with Crippen LogP contribution in [-0.2, 0) is 0 Å². The van der Waals surface area contributed by atoms with Gasteiger partial charge in [0.15, 0.2) is 5.11 Å². The first-order chi connectivity index (χ1) is 11.7. The maximum Gasteiger partial charge on any atom is 0.176 e. The van der Waals surface area contributed by atoms with E-state index in [-0.39, 0.29) is 0 Å². The van der Waals surface area contributed by atoms with Gasteiger partial charge in [-0.1, -0.05) is 24.3 Å². The number of para-hydroxylation sites is 1. The van der Waals surface area contributed by atoms with Crippen molar-refractivity contribution in [3.8, 4) is 11.5 Å². The van der Waals surface area contributed by atoms with E-state index in [9.17, 15) is 0 Å². The van der Waals surface area contributed by atoms with E-state index in [1.165, 1.54) is 0 Å². The van der Waals surface area contributed by atoms with E-state index in [1.54, 1.807) is 6.20 Å². The van der Waals surface area contributed by atoms with Gasteiger partial charge in [-0.15, -0.1) is 0 Å². The van der Waals surface area contributed by atoms with Gasteiger partial charge in [0.2, 0.25) is 0 Å². The predicted molar refractivity (Wildman–Crippen MR) is 102 cm³/mol. The third-order valence-corrected chi connectivity index (χ3v) is 3.45. The highest BCUT2D eigenvalue weighted by Gasteiger charge is 2.01. The smallest absolute Gasteiger partial charge is 0.176 e. The first-order valence-corrected chi connectivity index (χ1v) is 7.93. The fourth-order valence-corrected chi connectivity index (χ4v) is 2.27. The quantitative estimate of drug-likeness (QED) is 0.658. The number of aromatic nitrogens is 1. The van der Waals surface area contributed by atoms with Crippen LogP contribution >= 0.6 is 12.2 Å². The van der Waals surface area contributed by atoms with Gasteiger partial charge in [-0.05, 0) is 67.2 Å². The predicted octanol–water partition coefficient (Wildman–Crippen LogP) is 4.99. The molecule has 0 bridgehead atoms. The summed E-state index contributed by atoms with van der Waals surface area (Å²) in [4.78, 5) is 4.26. The van der Waals surface area contributed by atoms with Crippen molar-refractivity contribution in [3.63, 3.8) is 0 Å². The summed E-state index contributed by atoms with van der Waals surface area (Å²) in [7, 11) is 0. The van der Waals surface area contributed by atoms with Crippen LogP contribution in [0.3, 0.4) is 0 Å². The average Bonchev–Trinajstić information content (AvgIpc) is 2.60. The monoisotopic (exact) mass is 335 g/mol. The Labute approximate surface area is 146 Å². The van der Waals surface area contributed by atoms with Crippen molar-refractivity contribution in [1.82, 2.24) is 4.98 Å². The van der Waals surface area contributed by atoms with Crippen molar-refractivity contribution >= 4 is 28.8 Å². The Hall–Kier alpha value is -2.92. The van der Waals surface area contributed by atoms with Gasteiger partial charge in [-0.25, -0.2) is 4.98 Å². The van der Waals surface area contributed by atoms with Crippen LogP contribution in [0.15, 0.2) is 72.9 Å². The molecule has 3 rings (SSSR count). The molecule has 0 aliphatic heterocycles. The van der Waals surface area contributed by atoms with Gasteiger partial charge in [0.1, 0.15) is 17.3 Å². The number of rotatable bonds is 4. The highest BCUT2D eigenvalue weighted by Crippen LogP contribution is 2.22. The number of pyridine rings is 1. The fraction of sp³-hybridized carbons (Fsp3) is 0.0526. The van der Waals surface area contributed by atoms with Crippen LogP contribution in [0.1, 0.15) is 5.56 Å². The van der Waals surface area contributed by atoms with Crippen molar-refractivity contribution < 1.29 is 4.74 Å². The molecule has 1 heterocycles. The van der Waals surface area contributed by atoms with Crippen LogP contribution in [0.25, 0.3) is 0 Å². The van der Waals surface area contributed by atoms with E-state index in [2.05, 4.69) is 15.6 Å². The molecule has 3 aromatic rings. The van der Waals surface area contributed by atoms with E-state index in [4.69, 9.17) is 17.0 Å². The molecule has 0 radical (unpaired) electrons. The summed E-state index contributed by atoms with van der Waals surface area (Å²) >= 11 is 5.30. The third-order valence-electron chi connectivity index (χ3n) is 3.24. The van der Waals surface area contributed by atoms with Crippen LogP contribution in [-0.4, -0.2) is 10.1 Å². The molecule has 0 atom stereocenters. The van der Waals surface area contributed by atoms with Crippen molar-refractivity contribution in [2.45, 2.75) is 6.92 Å². The number of hydrogen-bond donors (Lipinski definition) is 2. The molecule has 0 aliphatic carbocycles. The Morgan fingerprint density at radius 2 is 1.58 bits per heavy atom. The molecule has 1 aromatic heterocycles. The van der Waals surface area contributed by atoms with Gasteiger partial charge < -0.3 is 15.4 Å². The minimum Gasteiger partial charge on any atom is -0.457 e. The third kappa shape index (κ3) is 4.54. The lowest BCUT2D eigenvalue weighted by molar-refractivity contribution is 0.483. The number of nitrogens with one attached hydrogen (secondary N) is 2. The second-order valence-corrected chi connectivity index (χ2v) is 5.65. The minimum absolute atomic E-state index is 0.489. The lowest BCUT2D eigenvalue weighted by Gasteiger charge is -2.11. The summed E-state index contributed by atoms with van der Waals surface area (Å²) in [6, 6.07) is 21.1. The Kier molecular flexibility index (Phi) is 5.03. The Balaban J connectivity index is 1.57. The topological polar surface area (TPSA) is 46.2 Å². The zero-order chi connectivity index (χ0) is 16.8. The number of aryl methyl sites for hydroxylation is 1. The molecule has 0 saturated heterocycles. The molecular formula is C19H17N3OS. The Bertz CT molecular complexity index is 802. The van der Waals surface area contributed by atoms with E-state index >= 15 is 0 Å². The largest absolute Gasteiger partial charge is 0.457 e. The number of hydrogen-bond acceptors (Lipinski definition) is 3. The number of thiocarbonyl (C=S) groups is 1. The zero-order valence-corrected chi connectivity index (χ0v) is 14.0. The lowest BCUT2D eigenvalue weighted by Crippen LogP contribution is -2.19. The summed E-state index contributed by atoms with van der Waals surface area (Å²) in [5, 5.41) is 6.66. The number of benzene rings is 2. The van der Waals surface area contributed by atoms with Gasteiger partial charge in [0.05, 0.1) is 0 Å². The van der Waals surface area contributed by atoms with Crippen LogP contribution in [0.5, 0.6) is 11.5 Å². The van der Waals surface area contributed by atoms with Crippen molar-refractivity contribution in [2.75, 3.05) is 10.6 Å². The van der Waals surface area contributed by atoms with Gasteiger partial charge in [-0.2, -0.15) is 0 Å². The first kappa shape index (κ1) is 16.0. The highest BCUT2D eigenvalue weighted by molar-refractivity contribution is 7.80. The molecule has 0 fully saturated rings. The van der Waals surface area contributed by atoms with Gasteiger partial charge in [0, 0.05) is 11.9 Å². The second-order valence-electron chi connectivity index (χ2n) is 5.24. The van der Waals surface area contributed by atoms with Gasteiger partial charge >= 0.3 is 0 Å². The van der Waals surface area contributed by atoms with Crippen molar-refractivity contribution in [3.05, 3.63) is 78.5 Å². The fourth-order valence-electron chi connectivity index (χ4n) is 2.05. The second kappa shape index (κ2) is 7.57. The van der Waals surface area contributed by atoms with E-state index in [0.29, 0.717) is 10.9 Å². The number of ether oxygens (including phenoxy) is 1. The van der Waals surface area contributed by atoms with E-state index in [0.717, 1.165) is 22.7 Å². The van der Waals surface area contributed by atoms with E-state index in [1.807, 2.05) is 73.7 Å². The van der Waals surface area contributed by atoms with Crippen LogP contribution in [0.4, 0.5) is 11.5 Å². The maximum atomic E-state index is 5.76. The SMILES string of the molecule is Cc1ccc(NC(=S)Nc2ccc(Oc3ccccc3)cc2)nc1. The molecule has 0 unspecified atom stereocenters. The average molecular weight is 335 g/mol. The minimum atomic E-state index is 0.489. The molecule has 2 N–H and O–H groups in total. The number of nitrogens with zero attached hydrogens (tertiary/aromatic N) is 1. The summed E-state index contributed by atoms with van der Waals surface area (Å²) in [6.07, 6.45) is 1.79. The molecule has 2 aromatic carbocycles. The van der Waals surface area contributed by atoms with E-state index < -0.39 is 0 Å². The molecule has 0 aliphatic rings.